The predicted octanol–water partition coefficient (Wildman–Crippen LogP) is 1.26. The number of hydrogen-bond acceptors (Lipinski definition) is 3. The fourth-order valence-electron chi connectivity index (χ4n) is 2.81. The van der Waals surface area contributed by atoms with E-state index in [1.54, 1.807) is 0 Å². The minimum atomic E-state index is 0.0315. The van der Waals surface area contributed by atoms with E-state index in [4.69, 9.17) is 5.73 Å². The Labute approximate surface area is 121 Å². The maximum absolute atomic E-state index is 12.3. The highest BCUT2D eigenvalue weighted by atomic mass is 16.1. The molecule has 1 aromatic carbocycles. The number of amides is 1. The summed E-state index contributed by atoms with van der Waals surface area (Å²) >= 11 is 0. The smallest absolute Gasteiger partial charge is 0.251 e. The average Bonchev–Trinajstić information content (AvgIpc) is 2.94. The number of likely N-dealkylation sites (tertiary alicyclic amines) is 1. The standard InChI is InChI=1S/C16H25N3O/c1-2-19-10-8-13(12-19)11-18-16(20)15-6-4-3-5-14(15)7-9-17/h3-6,13H,2,7-12,17H2,1H3,(H,18,20). The Morgan fingerprint density at radius 2 is 2.25 bits per heavy atom. The van der Waals surface area contributed by atoms with Crippen LogP contribution in [0.3, 0.4) is 0 Å². The summed E-state index contributed by atoms with van der Waals surface area (Å²) in [7, 11) is 0. The molecule has 0 bridgehead atoms. The van der Waals surface area contributed by atoms with Crippen LogP contribution in [0.4, 0.5) is 0 Å². The molecule has 2 rings (SSSR count). The quantitative estimate of drug-likeness (QED) is 0.822. The van der Waals surface area contributed by atoms with Gasteiger partial charge in [0.25, 0.3) is 5.91 Å². The second kappa shape index (κ2) is 7.41. The maximum atomic E-state index is 12.3. The van der Waals surface area contributed by atoms with Gasteiger partial charge in [0.05, 0.1) is 0 Å². The Morgan fingerprint density at radius 3 is 2.95 bits per heavy atom. The SMILES string of the molecule is CCN1CCC(CNC(=O)c2ccccc2CCN)C1. The van der Waals surface area contributed by atoms with Crippen LogP contribution in [0, 0.1) is 5.92 Å². The van der Waals surface area contributed by atoms with Crippen LogP contribution in [0.25, 0.3) is 0 Å². The molecule has 1 atom stereocenters. The molecule has 110 valence electrons. The Kier molecular flexibility index (Phi) is 5.56. The van der Waals surface area contributed by atoms with Crippen LogP contribution in [0.2, 0.25) is 0 Å². The van der Waals surface area contributed by atoms with E-state index in [1.807, 2.05) is 24.3 Å². The molecule has 4 heteroatoms. The molecule has 1 aliphatic heterocycles. The van der Waals surface area contributed by atoms with Crippen molar-refractivity contribution in [2.45, 2.75) is 19.8 Å². The number of hydrogen-bond donors (Lipinski definition) is 2. The van der Waals surface area contributed by atoms with Gasteiger partial charge in [0.1, 0.15) is 0 Å². The highest BCUT2D eigenvalue weighted by molar-refractivity contribution is 5.95. The first-order valence-electron chi connectivity index (χ1n) is 7.53. The van der Waals surface area contributed by atoms with Crippen LogP contribution in [0.15, 0.2) is 24.3 Å². The van der Waals surface area contributed by atoms with Gasteiger partial charge in [0.2, 0.25) is 0 Å². The molecule has 1 fully saturated rings. The van der Waals surface area contributed by atoms with E-state index in [1.165, 1.54) is 6.42 Å². The number of nitrogens with zero attached hydrogens (tertiary/aromatic N) is 1. The summed E-state index contributed by atoms with van der Waals surface area (Å²) in [5, 5.41) is 3.08. The van der Waals surface area contributed by atoms with Crippen molar-refractivity contribution in [2.24, 2.45) is 11.7 Å². The van der Waals surface area contributed by atoms with Crippen molar-refractivity contribution in [3.63, 3.8) is 0 Å². The van der Waals surface area contributed by atoms with E-state index in [0.717, 1.165) is 43.7 Å². The molecule has 4 nitrogen and oxygen atoms in total. The fourth-order valence-corrected chi connectivity index (χ4v) is 2.81. The van der Waals surface area contributed by atoms with Gasteiger partial charge in [-0.3, -0.25) is 4.79 Å². The molecule has 1 unspecified atom stereocenters. The highest BCUT2D eigenvalue weighted by Crippen LogP contribution is 2.15. The first kappa shape index (κ1) is 15.0. The van der Waals surface area contributed by atoms with Crippen molar-refractivity contribution >= 4 is 5.91 Å². The largest absolute Gasteiger partial charge is 0.352 e. The second-order valence-corrected chi connectivity index (χ2v) is 5.45. The molecule has 0 spiro atoms. The summed E-state index contributed by atoms with van der Waals surface area (Å²) in [5.41, 5.74) is 7.40. The third-order valence-corrected chi connectivity index (χ3v) is 4.04. The Hall–Kier alpha value is -1.39. The van der Waals surface area contributed by atoms with Crippen LogP contribution in [0.5, 0.6) is 0 Å². The lowest BCUT2D eigenvalue weighted by Gasteiger charge is -2.14. The molecule has 1 heterocycles. The molecular weight excluding hydrogens is 250 g/mol. The topological polar surface area (TPSA) is 58.4 Å². The monoisotopic (exact) mass is 275 g/mol. The third kappa shape index (κ3) is 3.81. The van der Waals surface area contributed by atoms with Crippen molar-refractivity contribution in [1.29, 1.82) is 0 Å². The van der Waals surface area contributed by atoms with Gasteiger partial charge in [-0.2, -0.15) is 0 Å². The van der Waals surface area contributed by atoms with Gasteiger partial charge in [0.15, 0.2) is 0 Å². The van der Waals surface area contributed by atoms with Gasteiger partial charge in [-0.15, -0.1) is 0 Å². The normalized spacial score (nSPS) is 19.2. The zero-order valence-electron chi connectivity index (χ0n) is 12.3. The summed E-state index contributed by atoms with van der Waals surface area (Å²) in [6.07, 6.45) is 1.93. The van der Waals surface area contributed by atoms with Crippen LogP contribution in [0.1, 0.15) is 29.3 Å². The second-order valence-electron chi connectivity index (χ2n) is 5.45. The van der Waals surface area contributed by atoms with Crippen LogP contribution in [-0.2, 0) is 6.42 Å². The molecule has 0 aliphatic carbocycles. The highest BCUT2D eigenvalue weighted by Gasteiger charge is 2.21. The Balaban J connectivity index is 1.89. The van der Waals surface area contributed by atoms with Gasteiger partial charge in [-0.05, 0) is 50.0 Å². The molecule has 1 amide bonds. The Bertz CT molecular complexity index is 447. The lowest BCUT2D eigenvalue weighted by Crippen LogP contribution is -2.31. The number of nitrogens with one attached hydrogen (secondary N) is 1. The Morgan fingerprint density at radius 1 is 1.45 bits per heavy atom. The molecule has 1 saturated heterocycles. The zero-order chi connectivity index (χ0) is 14.4. The number of carbonyl (C=O) groups is 1. The van der Waals surface area contributed by atoms with Crippen LogP contribution >= 0.6 is 0 Å². The molecule has 0 aromatic heterocycles. The molecular formula is C16H25N3O. The summed E-state index contributed by atoms with van der Waals surface area (Å²) in [6.45, 7) is 6.88. The van der Waals surface area contributed by atoms with Gasteiger partial charge < -0.3 is 16.0 Å². The first-order chi connectivity index (χ1) is 9.74. The molecule has 0 saturated carbocycles. The van der Waals surface area contributed by atoms with Gasteiger partial charge in [-0.1, -0.05) is 25.1 Å². The van der Waals surface area contributed by atoms with Gasteiger partial charge in [-0.25, -0.2) is 0 Å². The van der Waals surface area contributed by atoms with E-state index >= 15 is 0 Å². The maximum Gasteiger partial charge on any atom is 0.251 e. The number of carbonyl (C=O) groups excluding carboxylic acids is 1. The summed E-state index contributed by atoms with van der Waals surface area (Å²) < 4.78 is 0. The van der Waals surface area contributed by atoms with Crippen LogP contribution < -0.4 is 11.1 Å². The van der Waals surface area contributed by atoms with E-state index in [0.29, 0.717) is 12.5 Å². The van der Waals surface area contributed by atoms with Crippen molar-refractivity contribution in [2.75, 3.05) is 32.7 Å². The average molecular weight is 275 g/mol. The zero-order valence-corrected chi connectivity index (χ0v) is 12.3. The number of nitrogens with two attached hydrogens (primary N) is 1. The fraction of sp³-hybridized carbons (Fsp3) is 0.562. The van der Waals surface area contributed by atoms with Crippen molar-refractivity contribution in [1.82, 2.24) is 10.2 Å². The van der Waals surface area contributed by atoms with E-state index in [-0.39, 0.29) is 5.91 Å². The molecule has 20 heavy (non-hydrogen) atoms. The van der Waals surface area contributed by atoms with E-state index in [2.05, 4.69) is 17.1 Å². The van der Waals surface area contributed by atoms with Gasteiger partial charge >= 0.3 is 0 Å². The molecule has 1 aromatic rings. The minimum absolute atomic E-state index is 0.0315. The summed E-state index contributed by atoms with van der Waals surface area (Å²) in [6, 6.07) is 7.73. The van der Waals surface area contributed by atoms with E-state index < -0.39 is 0 Å². The lowest BCUT2D eigenvalue weighted by molar-refractivity contribution is 0.0946. The van der Waals surface area contributed by atoms with Crippen LogP contribution in [-0.4, -0.2) is 43.5 Å². The molecule has 3 N–H and O–H groups in total. The van der Waals surface area contributed by atoms with Crippen molar-refractivity contribution < 1.29 is 4.79 Å². The van der Waals surface area contributed by atoms with Gasteiger partial charge in [0, 0.05) is 18.7 Å². The molecule has 0 radical (unpaired) electrons. The number of rotatable bonds is 6. The summed E-state index contributed by atoms with van der Waals surface area (Å²) in [5.74, 6) is 0.615. The lowest BCUT2D eigenvalue weighted by atomic mass is 10.0. The van der Waals surface area contributed by atoms with Crippen molar-refractivity contribution in [3.05, 3.63) is 35.4 Å². The van der Waals surface area contributed by atoms with Crippen molar-refractivity contribution in [3.8, 4) is 0 Å². The predicted molar refractivity (Wildman–Crippen MR) is 81.8 cm³/mol. The molecule has 1 aliphatic rings. The third-order valence-electron chi connectivity index (χ3n) is 4.04. The van der Waals surface area contributed by atoms with E-state index in [9.17, 15) is 4.79 Å². The first-order valence-corrected chi connectivity index (χ1v) is 7.53. The minimum Gasteiger partial charge on any atom is -0.352 e. The summed E-state index contributed by atoms with van der Waals surface area (Å²) in [4.78, 5) is 14.7. The number of benzene rings is 1.